The maximum absolute atomic E-state index is 12.8. The third-order valence-electron chi connectivity index (χ3n) is 5.62. The highest BCUT2D eigenvalue weighted by Crippen LogP contribution is 2.30. The number of pyridine rings is 1. The molecule has 0 bridgehead atoms. The SMILES string of the molecule is Nc1cccc(C(=O)N2CCC2C(=O)Nc2nc(-c3cccc(-c4ccncc4)c3)cs2)c1. The summed E-state index contributed by atoms with van der Waals surface area (Å²) in [5.41, 5.74) is 10.7. The van der Waals surface area contributed by atoms with Crippen LogP contribution in [0.5, 0.6) is 0 Å². The number of nitrogens with two attached hydrogens (primary N) is 1. The lowest BCUT2D eigenvalue weighted by Gasteiger charge is -2.39. The van der Waals surface area contributed by atoms with E-state index in [1.165, 1.54) is 11.3 Å². The molecular formula is C25H21N5O2S. The van der Waals surface area contributed by atoms with E-state index in [0.717, 1.165) is 22.4 Å². The third-order valence-corrected chi connectivity index (χ3v) is 6.38. The zero-order valence-electron chi connectivity index (χ0n) is 17.6. The van der Waals surface area contributed by atoms with E-state index in [-0.39, 0.29) is 11.8 Å². The van der Waals surface area contributed by atoms with E-state index < -0.39 is 6.04 Å². The molecule has 3 heterocycles. The van der Waals surface area contributed by atoms with Crippen molar-refractivity contribution in [3.8, 4) is 22.4 Å². The molecule has 4 aromatic rings. The van der Waals surface area contributed by atoms with Gasteiger partial charge in [-0.2, -0.15) is 0 Å². The van der Waals surface area contributed by atoms with Gasteiger partial charge in [0.05, 0.1) is 5.69 Å². The first-order chi connectivity index (χ1) is 16.1. The maximum Gasteiger partial charge on any atom is 0.254 e. The van der Waals surface area contributed by atoms with Gasteiger partial charge in [-0.3, -0.25) is 14.6 Å². The van der Waals surface area contributed by atoms with Gasteiger partial charge in [0.2, 0.25) is 5.91 Å². The number of aromatic nitrogens is 2. The summed E-state index contributed by atoms with van der Waals surface area (Å²) in [6.07, 6.45) is 4.14. The van der Waals surface area contributed by atoms with Crippen molar-refractivity contribution in [2.24, 2.45) is 0 Å². The van der Waals surface area contributed by atoms with Crippen molar-refractivity contribution in [3.63, 3.8) is 0 Å². The molecular weight excluding hydrogens is 434 g/mol. The highest BCUT2D eigenvalue weighted by Gasteiger charge is 2.38. The molecule has 5 rings (SSSR count). The maximum atomic E-state index is 12.8. The zero-order chi connectivity index (χ0) is 22.8. The van der Waals surface area contributed by atoms with Crippen LogP contribution in [0, 0.1) is 0 Å². The van der Waals surface area contributed by atoms with Crippen LogP contribution in [0.15, 0.2) is 78.4 Å². The van der Waals surface area contributed by atoms with Gasteiger partial charge >= 0.3 is 0 Å². The van der Waals surface area contributed by atoms with Gasteiger partial charge < -0.3 is 16.0 Å². The van der Waals surface area contributed by atoms with E-state index in [1.54, 1.807) is 41.6 Å². The molecule has 2 aromatic heterocycles. The molecule has 1 aliphatic rings. The summed E-state index contributed by atoms with van der Waals surface area (Å²) in [7, 11) is 0. The Labute approximate surface area is 194 Å². The second kappa shape index (κ2) is 8.84. The van der Waals surface area contributed by atoms with Crippen LogP contribution in [0.25, 0.3) is 22.4 Å². The first-order valence-corrected chi connectivity index (χ1v) is 11.4. The minimum Gasteiger partial charge on any atom is -0.399 e. The average molecular weight is 456 g/mol. The number of nitrogens with one attached hydrogen (secondary N) is 1. The fourth-order valence-corrected chi connectivity index (χ4v) is 4.52. The average Bonchev–Trinajstić information content (AvgIpc) is 3.27. The zero-order valence-corrected chi connectivity index (χ0v) is 18.5. The summed E-state index contributed by atoms with van der Waals surface area (Å²) in [6.45, 7) is 0.538. The first kappa shape index (κ1) is 20.8. The van der Waals surface area contributed by atoms with Gasteiger partial charge in [0.25, 0.3) is 5.91 Å². The van der Waals surface area contributed by atoms with Crippen molar-refractivity contribution in [1.29, 1.82) is 0 Å². The Morgan fingerprint density at radius 1 is 1.00 bits per heavy atom. The number of rotatable bonds is 5. The molecule has 0 saturated carbocycles. The number of benzene rings is 2. The third kappa shape index (κ3) is 4.33. The van der Waals surface area contributed by atoms with Crippen LogP contribution < -0.4 is 11.1 Å². The molecule has 3 N–H and O–H groups in total. The molecule has 7 nitrogen and oxygen atoms in total. The number of hydrogen-bond acceptors (Lipinski definition) is 6. The van der Waals surface area contributed by atoms with Crippen LogP contribution in [0.2, 0.25) is 0 Å². The molecule has 8 heteroatoms. The number of amides is 2. The second-order valence-corrected chi connectivity index (χ2v) is 8.63. The van der Waals surface area contributed by atoms with E-state index in [2.05, 4.69) is 21.4 Å². The number of nitrogen functional groups attached to an aromatic ring is 1. The van der Waals surface area contributed by atoms with Crippen LogP contribution in [-0.4, -0.2) is 39.3 Å². The second-order valence-electron chi connectivity index (χ2n) is 7.77. The lowest BCUT2D eigenvalue weighted by atomic mass is 10.00. The Morgan fingerprint density at radius 2 is 1.79 bits per heavy atom. The van der Waals surface area contributed by atoms with Crippen molar-refractivity contribution in [2.45, 2.75) is 12.5 Å². The van der Waals surface area contributed by atoms with E-state index in [1.807, 2.05) is 35.7 Å². The molecule has 0 aliphatic carbocycles. The fourth-order valence-electron chi connectivity index (χ4n) is 3.80. The molecule has 1 aliphatic heterocycles. The Bertz CT molecular complexity index is 1320. The molecule has 1 atom stereocenters. The van der Waals surface area contributed by atoms with Crippen LogP contribution >= 0.6 is 11.3 Å². The van der Waals surface area contributed by atoms with Gasteiger partial charge in [0.15, 0.2) is 5.13 Å². The number of anilines is 2. The van der Waals surface area contributed by atoms with Crippen LogP contribution in [0.3, 0.4) is 0 Å². The topological polar surface area (TPSA) is 101 Å². The summed E-state index contributed by atoms with van der Waals surface area (Å²) in [5.74, 6) is -0.425. The molecule has 2 amide bonds. The molecule has 1 unspecified atom stereocenters. The number of nitrogens with zero attached hydrogens (tertiary/aromatic N) is 3. The van der Waals surface area contributed by atoms with Crippen molar-refractivity contribution in [3.05, 3.63) is 84.0 Å². The predicted molar refractivity (Wildman–Crippen MR) is 130 cm³/mol. The van der Waals surface area contributed by atoms with Gasteiger partial charge in [0, 0.05) is 41.1 Å². The molecule has 1 fully saturated rings. The van der Waals surface area contributed by atoms with Gasteiger partial charge in [-0.25, -0.2) is 4.98 Å². The minimum atomic E-state index is -0.513. The van der Waals surface area contributed by atoms with Crippen LogP contribution in [0.1, 0.15) is 16.8 Å². The Balaban J connectivity index is 1.28. The normalized spacial score (nSPS) is 15.0. The monoisotopic (exact) mass is 455 g/mol. The largest absolute Gasteiger partial charge is 0.399 e. The van der Waals surface area contributed by atoms with Crippen molar-refractivity contribution < 1.29 is 9.59 Å². The number of carbonyl (C=O) groups excluding carboxylic acids is 2. The summed E-state index contributed by atoms with van der Waals surface area (Å²) in [5, 5.41) is 5.29. The predicted octanol–water partition coefficient (Wildman–Crippen LogP) is 4.31. The van der Waals surface area contributed by atoms with E-state index in [0.29, 0.717) is 29.3 Å². The van der Waals surface area contributed by atoms with Gasteiger partial charge in [-0.05, 0) is 53.9 Å². The van der Waals surface area contributed by atoms with Crippen LogP contribution in [0.4, 0.5) is 10.8 Å². The van der Waals surface area contributed by atoms with Gasteiger partial charge in [-0.15, -0.1) is 11.3 Å². The number of thiazole rings is 1. The highest BCUT2D eigenvalue weighted by molar-refractivity contribution is 7.14. The summed E-state index contributed by atoms with van der Waals surface area (Å²) in [6, 6.07) is 18.3. The number of likely N-dealkylation sites (tertiary alicyclic amines) is 1. The van der Waals surface area contributed by atoms with Crippen molar-refractivity contribution >= 4 is 34.0 Å². The molecule has 1 saturated heterocycles. The Morgan fingerprint density at radius 3 is 2.55 bits per heavy atom. The molecule has 0 radical (unpaired) electrons. The molecule has 164 valence electrons. The molecule has 0 spiro atoms. The summed E-state index contributed by atoms with van der Waals surface area (Å²) >= 11 is 1.36. The van der Waals surface area contributed by atoms with Crippen molar-refractivity contribution in [2.75, 3.05) is 17.6 Å². The number of hydrogen-bond donors (Lipinski definition) is 2. The fraction of sp³-hybridized carbons (Fsp3) is 0.120. The molecule has 2 aromatic carbocycles. The molecule has 33 heavy (non-hydrogen) atoms. The van der Waals surface area contributed by atoms with Crippen molar-refractivity contribution in [1.82, 2.24) is 14.9 Å². The van der Waals surface area contributed by atoms with E-state index in [4.69, 9.17) is 5.73 Å². The van der Waals surface area contributed by atoms with E-state index >= 15 is 0 Å². The number of carbonyl (C=O) groups is 2. The quantitative estimate of drug-likeness (QED) is 0.437. The summed E-state index contributed by atoms with van der Waals surface area (Å²) in [4.78, 5) is 35.8. The first-order valence-electron chi connectivity index (χ1n) is 10.5. The van der Waals surface area contributed by atoms with E-state index in [9.17, 15) is 9.59 Å². The lowest BCUT2D eigenvalue weighted by molar-refractivity contribution is -0.123. The lowest BCUT2D eigenvalue weighted by Crippen LogP contribution is -2.56. The standard InChI is InChI=1S/C25H21N5O2S/c26-20-6-2-5-19(14-20)24(32)30-12-9-22(30)23(31)29-25-28-21(15-33-25)18-4-1-3-17(13-18)16-7-10-27-11-8-16/h1-8,10-11,13-15,22H,9,12,26H2,(H,28,29,31). The Hall–Kier alpha value is -4.04. The summed E-state index contributed by atoms with van der Waals surface area (Å²) < 4.78 is 0. The van der Waals surface area contributed by atoms with Gasteiger partial charge in [-0.1, -0.05) is 24.3 Å². The smallest absolute Gasteiger partial charge is 0.254 e. The van der Waals surface area contributed by atoms with Crippen LogP contribution in [-0.2, 0) is 4.79 Å². The Kier molecular flexibility index (Phi) is 5.58. The minimum absolute atomic E-state index is 0.193. The highest BCUT2D eigenvalue weighted by atomic mass is 32.1. The van der Waals surface area contributed by atoms with Gasteiger partial charge in [0.1, 0.15) is 6.04 Å².